The molecule has 0 spiro atoms. The number of thiazole rings is 1. The highest BCUT2D eigenvalue weighted by molar-refractivity contribution is 7.15. The van der Waals surface area contributed by atoms with Crippen LogP contribution in [0.15, 0.2) is 42.0 Å². The molecule has 0 saturated heterocycles. The lowest BCUT2D eigenvalue weighted by Gasteiger charge is -2.22. The summed E-state index contributed by atoms with van der Waals surface area (Å²) in [6.45, 7) is 0. The maximum absolute atomic E-state index is 12.5. The van der Waals surface area contributed by atoms with Crippen LogP contribution in [-0.4, -0.2) is 15.2 Å². The van der Waals surface area contributed by atoms with Crippen molar-refractivity contribution in [2.45, 2.75) is 19.3 Å². The van der Waals surface area contributed by atoms with Gasteiger partial charge in [0.2, 0.25) is 0 Å². The topological polar surface area (TPSA) is 34.4 Å². The molecule has 0 saturated carbocycles. The van der Waals surface area contributed by atoms with Crippen molar-refractivity contribution in [1.29, 1.82) is 0 Å². The third-order valence-electron chi connectivity index (χ3n) is 4.01. The van der Waals surface area contributed by atoms with Crippen molar-refractivity contribution >= 4 is 22.1 Å². The highest BCUT2D eigenvalue weighted by atomic mass is 32.1. The number of aryl methyl sites for hydroxylation is 1. The van der Waals surface area contributed by atoms with E-state index in [1.807, 2.05) is 40.4 Å². The molecule has 0 bridgehead atoms. The van der Waals surface area contributed by atoms with Crippen LogP contribution in [0.2, 0.25) is 0 Å². The minimum absolute atomic E-state index is 0.0782. The summed E-state index contributed by atoms with van der Waals surface area (Å²) in [4.78, 5) is 18.1. The van der Waals surface area contributed by atoms with E-state index in [0.29, 0.717) is 0 Å². The molecular weight excluding hydrogens is 268 g/mol. The van der Waals surface area contributed by atoms with Gasteiger partial charge in [-0.05, 0) is 18.4 Å². The van der Waals surface area contributed by atoms with E-state index in [1.54, 1.807) is 11.3 Å². The normalized spacial score (nSPS) is 18.4. The second kappa shape index (κ2) is 4.56. The number of ketones is 1. The van der Waals surface area contributed by atoms with Gasteiger partial charge in [0.05, 0.1) is 5.69 Å². The quantitative estimate of drug-likeness (QED) is 0.722. The molecule has 1 aliphatic rings. The molecule has 0 fully saturated rings. The van der Waals surface area contributed by atoms with E-state index < -0.39 is 0 Å². The molecule has 100 valence electrons. The second-order valence-electron chi connectivity index (χ2n) is 5.29. The van der Waals surface area contributed by atoms with Gasteiger partial charge in [0.15, 0.2) is 10.7 Å². The van der Waals surface area contributed by atoms with Crippen LogP contribution in [0.5, 0.6) is 0 Å². The molecule has 0 aliphatic heterocycles. The molecule has 0 N–H and O–H groups in total. The van der Waals surface area contributed by atoms with Crippen molar-refractivity contribution in [1.82, 2.24) is 9.38 Å². The summed E-state index contributed by atoms with van der Waals surface area (Å²) in [5, 5.41) is 2.02. The van der Waals surface area contributed by atoms with Gasteiger partial charge in [-0.3, -0.25) is 9.20 Å². The zero-order valence-electron chi connectivity index (χ0n) is 11.0. The highest BCUT2D eigenvalue weighted by Gasteiger charge is 2.27. The first kappa shape index (κ1) is 11.9. The largest absolute Gasteiger partial charge is 0.297 e. The summed E-state index contributed by atoms with van der Waals surface area (Å²) in [7, 11) is 0. The van der Waals surface area contributed by atoms with Gasteiger partial charge in [-0.15, -0.1) is 11.3 Å². The average molecular weight is 282 g/mol. The Bertz CT molecular complexity index is 758. The Hall–Kier alpha value is -1.94. The van der Waals surface area contributed by atoms with E-state index in [2.05, 4.69) is 11.1 Å². The fourth-order valence-electron chi connectivity index (χ4n) is 2.98. The first-order valence-electron chi connectivity index (χ1n) is 6.84. The van der Waals surface area contributed by atoms with Crippen LogP contribution in [0, 0.1) is 5.92 Å². The number of fused-ring (bicyclic) bond motifs is 2. The van der Waals surface area contributed by atoms with E-state index in [4.69, 9.17) is 0 Å². The van der Waals surface area contributed by atoms with E-state index in [-0.39, 0.29) is 11.7 Å². The van der Waals surface area contributed by atoms with Crippen LogP contribution in [-0.2, 0) is 12.8 Å². The summed E-state index contributed by atoms with van der Waals surface area (Å²) in [6, 6.07) is 7.98. The maximum Gasteiger partial charge on any atom is 0.193 e. The Balaban J connectivity index is 1.61. The molecule has 0 radical (unpaired) electrons. The number of Topliss-reactive ketones (excluding diaryl/α,β-unsaturated/α-hetero) is 1. The zero-order valence-corrected chi connectivity index (χ0v) is 11.8. The molecule has 0 amide bonds. The number of aromatic nitrogens is 2. The lowest BCUT2D eigenvalue weighted by molar-refractivity contribution is 0.0900. The number of rotatable bonds is 2. The number of carbonyl (C=O) groups excluding carboxylic acids is 1. The fraction of sp³-hybridized carbons (Fsp3) is 0.250. The van der Waals surface area contributed by atoms with Gasteiger partial charge in [0.25, 0.3) is 0 Å². The lowest BCUT2D eigenvalue weighted by atomic mass is 9.81. The first-order valence-corrected chi connectivity index (χ1v) is 7.72. The third kappa shape index (κ3) is 1.88. The van der Waals surface area contributed by atoms with E-state index >= 15 is 0 Å². The van der Waals surface area contributed by atoms with E-state index in [0.717, 1.165) is 35.5 Å². The predicted molar refractivity (Wildman–Crippen MR) is 79.4 cm³/mol. The number of hydrogen-bond acceptors (Lipinski definition) is 3. The minimum atomic E-state index is 0.0782. The number of nitrogens with zero attached hydrogens (tertiary/aromatic N) is 2. The van der Waals surface area contributed by atoms with Crippen LogP contribution < -0.4 is 0 Å². The second-order valence-corrected chi connectivity index (χ2v) is 6.16. The Kier molecular flexibility index (Phi) is 2.70. The van der Waals surface area contributed by atoms with Crippen molar-refractivity contribution in [3.05, 3.63) is 58.9 Å². The fourth-order valence-corrected chi connectivity index (χ4v) is 3.70. The highest BCUT2D eigenvalue weighted by Crippen LogP contribution is 2.28. The molecule has 3 nitrogen and oxygen atoms in total. The van der Waals surface area contributed by atoms with Crippen molar-refractivity contribution in [2.75, 3.05) is 0 Å². The standard InChI is InChI=1S/C16H14N2OS/c19-15-12(6-5-11-3-1-2-4-14(11)15)9-13-10-18-7-8-20-16(18)17-13/h1-4,7-8,10,12H,5-6,9H2. The molecule has 1 unspecified atom stereocenters. The van der Waals surface area contributed by atoms with Crippen molar-refractivity contribution in [3.63, 3.8) is 0 Å². The molecular formula is C16H14N2OS. The third-order valence-corrected chi connectivity index (χ3v) is 4.79. The van der Waals surface area contributed by atoms with Gasteiger partial charge < -0.3 is 0 Å². The molecule has 2 heterocycles. The summed E-state index contributed by atoms with van der Waals surface area (Å²) in [6.07, 6.45) is 6.73. The number of carbonyl (C=O) groups is 1. The average Bonchev–Trinajstić information content (AvgIpc) is 3.03. The maximum atomic E-state index is 12.5. The smallest absolute Gasteiger partial charge is 0.193 e. The monoisotopic (exact) mass is 282 g/mol. The molecule has 1 aliphatic carbocycles. The molecule has 1 atom stereocenters. The molecule has 4 heteroatoms. The van der Waals surface area contributed by atoms with Crippen LogP contribution in [0.25, 0.3) is 4.96 Å². The molecule has 4 rings (SSSR count). The lowest BCUT2D eigenvalue weighted by Crippen LogP contribution is -2.24. The van der Waals surface area contributed by atoms with Crippen molar-refractivity contribution < 1.29 is 4.79 Å². The minimum Gasteiger partial charge on any atom is -0.297 e. The summed E-state index contributed by atoms with van der Waals surface area (Å²) in [5.74, 6) is 0.359. The number of benzene rings is 1. The van der Waals surface area contributed by atoms with Gasteiger partial charge in [-0.25, -0.2) is 4.98 Å². The van der Waals surface area contributed by atoms with Crippen molar-refractivity contribution in [2.24, 2.45) is 5.92 Å². The van der Waals surface area contributed by atoms with Gasteiger partial charge in [-0.1, -0.05) is 24.3 Å². The SMILES string of the molecule is O=C1c2ccccc2CCC1Cc1cn2ccsc2n1. The van der Waals surface area contributed by atoms with Crippen LogP contribution >= 0.6 is 11.3 Å². The molecule has 2 aromatic heterocycles. The van der Waals surface area contributed by atoms with E-state index in [9.17, 15) is 4.79 Å². The number of hydrogen-bond donors (Lipinski definition) is 0. The zero-order chi connectivity index (χ0) is 13.5. The Morgan fingerprint density at radius 2 is 2.25 bits per heavy atom. The molecule has 20 heavy (non-hydrogen) atoms. The summed E-state index contributed by atoms with van der Waals surface area (Å²) >= 11 is 1.63. The van der Waals surface area contributed by atoms with Crippen molar-refractivity contribution in [3.8, 4) is 0 Å². The predicted octanol–water partition coefficient (Wildman–Crippen LogP) is 3.38. The Morgan fingerprint density at radius 3 is 3.15 bits per heavy atom. The Morgan fingerprint density at radius 1 is 1.35 bits per heavy atom. The van der Waals surface area contributed by atoms with Gasteiger partial charge >= 0.3 is 0 Å². The number of imidazole rings is 1. The van der Waals surface area contributed by atoms with Gasteiger partial charge in [0, 0.05) is 35.7 Å². The van der Waals surface area contributed by atoms with E-state index in [1.165, 1.54) is 5.56 Å². The van der Waals surface area contributed by atoms with Gasteiger partial charge in [-0.2, -0.15) is 0 Å². The summed E-state index contributed by atoms with van der Waals surface area (Å²) < 4.78 is 2.03. The summed E-state index contributed by atoms with van der Waals surface area (Å²) in [5.41, 5.74) is 3.12. The van der Waals surface area contributed by atoms with Gasteiger partial charge in [0.1, 0.15) is 0 Å². The molecule has 3 aromatic rings. The Labute approximate surface area is 120 Å². The van der Waals surface area contributed by atoms with Crippen LogP contribution in [0.4, 0.5) is 0 Å². The van der Waals surface area contributed by atoms with Crippen LogP contribution in [0.3, 0.4) is 0 Å². The first-order chi connectivity index (χ1) is 9.81. The van der Waals surface area contributed by atoms with Crippen LogP contribution in [0.1, 0.15) is 28.0 Å². The molecule has 1 aromatic carbocycles.